The summed E-state index contributed by atoms with van der Waals surface area (Å²) in [6.45, 7) is 1.37. The highest BCUT2D eigenvalue weighted by atomic mass is 19.1. The molecule has 0 saturated carbocycles. The van der Waals surface area contributed by atoms with Crippen LogP contribution in [0.5, 0.6) is 0 Å². The molecule has 1 aromatic heterocycles. The lowest BCUT2D eigenvalue weighted by Gasteiger charge is -2.18. The van der Waals surface area contributed by atoms with E-state index in [1.165, 1.54) is 18.2 Å². The van der Waals surface area contributed by atoms with Gasteiger partial charge in [0, 0.05) is 24.5 Å². The van der Waals surface area contributed by atoms with E-state index in [0.717, 1.165) is 13.0 Å². The van der Waals surface area contributed by atoms with Gasteiger partial charge in [-0.3, -0.25) is 0 Å². The number of hydrogen-bond donors (Lipinski definition) is 1. The topological polar surface area (TPSA) is 55.0 Å². The maximum absolute atomic E-state index is 14.3. The summed E-state index contributed by atoms with van der Waals surface area (Å²) in [4.78, 5) is 11.0. The summed E-state index contributed by atoms with van der Waals surface area (Å²) in [7, 11) is 0. The lowest BCUT2D eigenvalue weighted by Crippen LogP contribution is -2.27. The van der Waals surface area contributed by atoms with E-state index in [4.69, 9.17) is 5.73 Å². The number of benzene rings is 2. The van der Waals surface area contributed by atoms with Gasteiger partial charge in [0.15, 0.2) is 0 Å². The van der Waals surface area contributed by atoms with E-state index in [9.17, 15) is 8.78 Å². The maximum Gasteiger partial charge on any atom is 0.226 e. The van der Waals surface area contributed by atoms with E-state index >= 15 is 0 Å². The first-order valence-electron chi connectivity index (χ1n) is 7.85. The van der Waals surface area contributed by atoms with Gasteiger partial charge in [-0.05, 0) is 24.6 Å². The molecule has 3 aromatic rings. The Bertz CT molecular complexity index is 892. The summed E-state index contributed by atoms with van der Waals surface area (Å²) >= 11 is 0. The number of hydrogen-bond acceptors (Lipinski definition) is 4. The van der Waals surface area contributed by atoms with Crippen molar-refractivity contribution in [2.75, 3.05) is 18.0 Å². The van der Waals surface area contributed by atoms with E-state index in [1.54, 1.807) is 12.1 Å². The standard InChI is InChI=1S/C18H16F2N4/c19-13-5-3-6-14(20)16(13)17-12-4-1-2-7-15(12)22-18(23-17)24-9-8-11(21)10-24/h1-7,11H,8-10,21H2. The zero-order chi connectivity index (χ0) is 16.7. The van der Waals surface area contributed by atoms with Crippen LogP contribution in [0, 0.1) is 11.6 Å². The number of aromatic nitrogens is 2. The van der Waals surface area contributed by atoms with Gasteiger partial charge in [-0.2, -0.15) is 0 Å². The van der Waals surface area contributed by atoms with Gasteiger partial charge in [0.05, 0.1) is 16.8 Å². The Labute approximate surface area is 137 Å². The smallest absolute Gasteiger partial charge is 0.226 e. The molecule has 2 heterocycles. The molecular formula is C18H16F2N4. The van der Waals surface area contributed by atoms with Crippen molar-refractivity contribution in [1.82, 2.24) is 9.97 Å². The van der Waals surface area contributed by atoms with Gasteiger partial charge in [0.25, 0.3) is 0 Å². The van der Waals surface area contributed by atoms with Gasteiger partial charge < -0.3 is 10.6 Å². The molecule has 0 aliphatic carbocycles. The SMILES string of the molecule is NC1CCN(c2nc(-c3c(F)cccc3F)c3ccccc3n2)C1. The molecule has 6 heteroatoms. The van der Waals surface area contributed by atoms with E-state index in [1.807, 2.05) is 17.0 Å². The summed E-state index contributed by atoms with van der Waals surface area (Å²) in [6, 6.07) is 11.1. The summed E-state index contributed by atoms with van der Waals surface area (Å²) < 4.78 is 28.6. The van der Waals surface area contributed by atoms with Crippen LogP contribution >= 0.6 is 0 Å². The van der Waals surface area contributed by atoms with Crippen molar-refractivity contribution < 1.29 is 8.78 Å². The lowest BCUT2D eigenvalue weighted by molar-refractivity contribution is 0.589. The molecule has 24 heavy (non-hydrogen) atoms. The van der Waals surface area contributed by atoms with E-state index in [0.29, 0.717) is 23.4 Å². The molecule has 2 N–H and O–H groups in total. The Morgan fingerprint density at radius 1 is 1.00 bits per heavy atom. The highest BCUT2D eigenvalue weighted by Gasteiger charge is 2.24. The number of rotatable bonds is 2. The zero-order valence-electron chi connectivity index (χ0n) is 12.9. The fraction of sp³-hybridized carbons (Fsp3) is 0.222. The fourth-order valence-corrected chi connectivity index (χ4v) is 3.09. The van der Waals surface area contributed by atoms with Crippen LogP contribution < -0.4 is 10.6 Å². The summed E-state index contributed by atoms with van der Waals surface area (Å²) in [5.41, 5.74) is 6.75. The van der Waals surface area contributed by atoms with Gasteiger partial charge in [0.2, 0.25) is 5.95 Å². The molecular weight excluding hydrogens is 310 g/mol. The van der Waals surface area contributed by atoms with Gasteiger partial charge in [-0.1, -0.05) is 24.3 Å². The molecule has 1 aliphatic rings. The third kappa shape index (κ3) is 2.49. The normalized spacial score (nSPS) is 17.6. The van der Waals surface area contributed by atoms with Crippen LogP contribution in [0.25, 0.3) is 22.2 Å². The minimum absolute atomic E-state index is 0.0636. The highest BCUT2D eigenvalue weighted by molar-refractivity contribution is 5.93. The summed E-state index contributed by atoms with van der Waals surface area (Å²) in [5.74, 6) is -0.815. The number of anilines is 1. The van der Waals surface area contributed by atoms with E-state index in [2.05, 4.69) is 9.97 Å². The number of nitrogens with zero attached hydrogens (tertiary/aromatic N) is 3. The fourth-order valence-electron chi connectivity index (χ4n) is 3.09. The second-order valence-electron chi connectivity index (χ2n) is 5.98. The molecule has 4 nitrogen and oxygen atoms in total. The molecule has 4 rings (SSSR count). The first-order chi connectivity index (χ1) is 11.6. The van der Waals surface area contributed by atoms with Gasteiger partial charge in [-0.15, -0.1) is 0 Å². The predicted molar refractivity (Wildman–Crippen MR) is 89.7 cm³/mol. The molecule has 0 bridgehead atoms. The number of nitrogens with two attached hydrogens (primary N) is 1. The van der Waals surface area contributed by atoms with Crippen LogP contribution in [-0.2, 0) is 0 Å². The maximum atomic E-state index is 14.3. The van der Waals surface area contributed by atoms with Crippen molar-refractivity contribution in [2.45, 2.75) is 12.5 Å². The monoisotopic (exact) mass is 326 g/mol. The van der Waals surface area contributed by atoms with Crippen LogP contribution in [0.3, 0.4) is 0 Å². The first-order valence-corrected chi connectivity index (χ1v) is 7.85. The lowest BCUT2D eigenvalue weighted by atomic mass is 10.1. The van der Waals surface area contributed by atoms with Crippen molar-refractivity contribution in [3.8, 4) is 11.3 Å². The van der Waals surface area contributed by atoms with Crippen LogP contribution in [0.15, 0.2) is 42.5 Å². The number of halogens is 2. The van der Waals surface area contributed by atoms with Crippen molar-refractivity contribution in [3.63, 3.8) is 0 Å². The zero-order valence-corrected chi connectivity index (χ0v) is 12.9. The van der Waals surface area contributed by atoms with Crippen LogP contribution in [0.2, 0.25) is 0 Å². The third-order valence-corrected chi connectivity index (χ3v) is 4.30. The predicted octanol–water partition coefficient (Wildman–Crippen LogP) is 3.11. The second kappa shape index (κ2) is 5.79. The third-order valence-electron chi connectivity index (χ3n) is 4.30. The highest BCUT2D eigenvalue weighted by Crippen LogP contribution is 2.32. The molecule has 0 radical (unpaired) electrons. The summed E-state index contributed by atoms with van der Waals surface area (Å²) in [6.07, 6.45) is 0.847. The minimum atomic E-state index is -0.636. The molecule has 0 amide bonds. The van der Waals surface area contributed by atoms with Crippen LogP contribution in [-0.4, -0.2) is 29.1 Å². The molecule has 2 aromatic carbocycles. The second-order valence-corrected chi connectivity index (χ2v) is 5.98. The van der Waals surface area contributed by atoms with E-state index < -0.39 is 11.6 Å². The Kier molecular flexibility index (Phi) is 3.61. The largest absolute Gasteiger partial charge is 0.339 e. The van der Waals surface area contributed by atoms with Crippen molar-refractivity contribution in [1.29, 1.82) is 0 Å². The van der Waals surface area contributed by atoms with Gasteiger partial charge in [-0.25, -0.2) is 18.7 Å². The molecule has 0 spiro atoms. The number of fused-ring (bicyclic) bond motifs is 1. The van der Waals surface area contributed by atoms with Crippen LogP contribution in [0.1, 0.15) is 6.42 Å². The molecule has 122 valence electrons. The van der Waals surface area contributed by atoms with Crippen molar-refractivity contribution >= 4 is 16.9 Å². The molecule has 1 saturated heterocycles. The van der Waals surface area contributed by atoms with E-state index in [-0.39, 0.29) is 17.3 Å². The molecule has 1 unspecified atom stereocenters. The number of para-hydroxylation sites is 1. The van der Waals surface area contributed by atoms with Crippen molar-refractivity contribution in [3.05, 3.63) is 54.1 Å². The average Bonchev–Trinajstić information content (AvgIpc) is 3.01. The Balaban J connectivity index is 1.96. The van der Waals surface area contributed by atoms with Gasteiger partial charge >= 0.3 is 0 Å². The summed E-state index contributed by atoms with van der Waals surface area (Å²) in [5, 5.41) is 0.619. The Hall–Kier alpha value is -2.60. The molecule has 1 fully saturated rings. The van der Waals surface area contributed by atoms with Crippen LogP contribution in [0.4, 0.5) is 14.7 Å². The average molecular weight is 326 g/mol. The molecule has 1 atom stereocenters. The minimum Gasteiger partial charge on any atom is -0.339 e. The Morgan fingerprint density at radius 3 is 2.46 bits per heavy atom. The Morgan fingerprint density at radius 2 is 1.75 bits per heavy atom. The molecule has 1 aliphatic heterocycles. The van der Waals surface area contributed by atoms with Gasteiger partial charge in [0.1, 0.15) is 11.6 Å². The van der Waals surface area contributed by atoms with Crippen molar-refractivity contribution in [2.24, 2.45) is 5.73 Å². The quantitative estimate of drug-likeness (QED) is 0.786. The first kappa shape index (κ1) is 15.0.